The fourth-order valence-electron chi connectivity index (χ4n) is 3.25. The van der Waals surface area contributed by atoms with Gasteiger partial charge in [0.05, 0.1) is 0 Å². The first kappa shape index (κ1) is 16.0. The molecule has 0 aromatic heterocycles. The van der Waals surface area contributed by atoms with Crippen LogP contribution in [0.25, 0.3) is 0 Å². The molecule has 112 valence electrons. The lowest BCUT2D eigenvalue weighted by Crippen LogP contribution is -2.23. The molecule has 1 aliphatic heterocycles. The standard InChI is InChI=1S/C18H22N2.ClH/c19-11-17-13-20(12-15-7-3-1-4-8-15)14-18(17)16-9-5-2-6-10-16;/h1-10,17-18H,11-14,19H2;1H. The molecule has 3 heteroatoms. The van der Waals surface area contributed by atoms with E-state index in [4.69, 9.17) is 5.73 Å². The number of nitrogens with two attached hydrogens (primary N) is 1. The summed E-state index contributed by atoms with van der Waals surface area (Å²) < 4.78 is 0. The van der Waals surface area contributed by atoms with Gasteiger partial charge in [-0.25, -0.2) is 0 Å². The quantitative estimate of drug-likeness (QED) is 0.939. The van der Waals surface area contributed by atoms with Crippen LogP contribution in [0, 0.1) is 5.92 Å². The molecule has 2 nitrogen and oxygen atoms in total. The zero-order valence-corrected chi connectivity index (χ0v) is 13.0. The van der Waals surface area contributed by atoms with E-state index in [0.29, 0.717) is 11.8 Å². The Morgan fingerprint density at radius 2 is 1.52 bits per heavy atom. The van der Waals surface area contributed by atoms with Crippen molar-refractivity contribution < 1.29 is 0 Å². The highest BCUT2D eigenvalue weighted by atomic mass is 35.5. The van der Waals surface area contributed by atoms with Gasteiger partial charge in [0.2, 0.25) is 0 Å². The molecule has 2 atom stereocenters. The summed E-state index contributed by atoms with van der Waals surface area (Å²) >= 11 is 0. The summed E-state index contributed by atoms with van der Waals surface area (Å²) in [5, 5.41) is 0. The van der Waals surface area contributed by atoms with Gasteiger partial charge >= 0.3 is 0 Å². The van der Waals surface area contributed by atoms with Gasteiger partial charge in [-0.05, 0) is 23.6 Å². The topological polar surface area (TPSA) is 29.3 Å². The second-order valence-electron chi connectivity index (χ2n) is 5.69. The normalized spacial score (nSPS) is 22.0. The summed E-state index contributed by atoms with van der Waals surface area (Å²) in [6.45, 7) is 4.01. The zero-order valence-electron chi connectivity index (χ0n) is 12.2. The molecule has 1 heterocycles. The number of rotatable bonds is 4. The van der Waals surface area contributed by atoms with Gasteiger partial charge in [0.25, 0.3) is 0 Å². The molecule has 1 aliphatic rings. The molecule has 0 radical (unpaired) electrons. The highest BCUT2D eigenvalue weighted by Gasteiger charge is 2.32. The van der Waals surface area contributed by atoms with Crippen molar-refractivity contribution >= 4 is 12.4 Å². The molecule has 1 fully saturated rings. The monoisotopic (exact) mass is 302 g/mol. The maximum atomic E-state index is 5.99. The summed E-state index contributed by atoms with van der Waals surface area (Å²) in [6.07, 6.45) is 0. The van der Waals surface area contributed by atoms with Crippen LogP contribution in [0.3, 0.4) is 0 Å². The first-order chi connectivity index (χ1) is 9.86. The van der Waals surface area contributed by atoms with Crippen LogP contribution in [0.5, 0.6) is 0 Å². The van der Waals surface area contributed by atoms with Crippen molar-refractivity contribution in [2.75, 3.05) is 19.6 Å². The first-order valence-electron chi connectivity index (χ1n) is 7.38. The predicted molar refractivity (Wildman–Crippen MR) is 90.7 cm³/mol. The molecule has 21 heavy (non-hydrogen) atoms. The Kier molecular flexibility index (Phi) is 5.80. The van der Waals surface area contributed by atoms with Gasteiger partial charge in [-0.15, -0.1) is 12.4 Å². The Labute approximate surface area is 133 Å². The van der Waals surface area contributed by atoms with E-state index in [9.17, 15) is 0 Å². The van der Waals surface area contributed by atoms with Gasteiger partial charge in [0.15, 0.2) is 0 Å². The van der Waals surface area contributed by atoms with Crippen molar-refractivity contribution in [2.45, 2.75) is 12.5 Å². The van der Waals surface area contributed by atoms with E-state index >= 15 is 0 Å². The van der Waals surface area contributed by atoms with Crippen LogP contribution in [0.4, 0.5) is 0 Å². The van der Waals surface area contributed by atoms with Crippen molar-refractivity contribution in [1.29, 1.82) is 0 Å². The third-order valence-corrected chi connectivity index (χ3v) is 4.30. The molecule has 1 saturated heterocycles. The summed E-state index contributed by atoms with van der Waals surface area (Å²) in [7, 11) is 0. The lowest BCUT2D eigenvalue weighted by molar-refractivity contribution is 0.317. The van der Waals surface area contributed by atoms with E-state index < -0.39 is 0 Å². The fourth-order valence-corrected chi connectivity index (χ4v) is 3.25. The first-order valence-corrected chi connectivity index (χ1v) is 7.38. The third-order valence-electron chi connectivity index (χ3n) is 4.30. The molecule has 2 N–H and O–H groups in total. The number of benzene rings is 2. The van der Waals surface area contributed by atoms with Crippen LogP contribution in [0.15, 0.2) is 60.7 Å². The largest absolute Gasteiger partial charge is 0.330 e. The Morgan fingerprint density at radius 1 is 0.905 bits per heavy atom. The average Bonchev–Trinajstić information content (AvgIpc) is 2.92. The van der Waals surface area contributed by atoms with Crippen LogP contribution in [-0.4, -0.2) is 24.5 Å². The highest BCUT2D eigenvalue weighted by molar-refractivity contribution is 5.85. The van der Waals surface area contributed by atoms with Crippen molar-refractivity contribution in [1.82, 2.24) is 4.90 Å². The average molecular weight is 303 g/mol. The number of hydrogen-bond donors (Lipinski definition) is 1. The molecule has 0 bridgehead atoms. The van der Waals surface area contributed by atoms with Crippen LogP contribution >= 0.6 is 12.4 Å². The highest BCUT2D eigenvalue weighted by Crippen LogP contribution is 2.32. The van der Waals surface area contributed by atoms with E-state index in [1.54, 1.807) is 0 Å². The van der Waals surface area contributed by atoms with Crippen molar-refractivity contribution in [3.63, 3.8) is 0 Å². The lowest BCUT2D eigenvalue weighted by atomic mass is 9.89. The predicted octanol–water partition coefficient (Wildman–Crippen LogP) is 3.28. The number of halogens is 1. The van der Waals surface area contributed by atoms with E-state index in [1.165, 1.54) is 11.1 Å². The third kappa shape index (κ3) is 3.85. The lowest BCUT2D eigenvalue weighted by Gasteiger charge is -2.16. The number of hydrogen-bond acceptors (Lipinski definition) is 2. The molecule has 2 unspecified atom stereocenters. The summed E-state index contributed by atoms with van der Waals surface area (Å²) in [6, 6.07) is 21.5. The van der Waals surface area contributed by atoms with Crippen LogP contribution in [0.2, 0.25) is 0 Å². The summed E-state index contributed by atoms with van der Waals surface area (Å²) in [5.74, 6) is 1.14. The molecular weight excluding hydrogens is 280 g/mol. The van der Waals surface area contributed by atoms with Crippen molar-refractivity contribution in [2.24, 2.45) is 11.7 Å². The molecular formula is C18H23ClN2. The minimum absolute atomic E-state index is 0. The van der Waals surface area contributed by atoms with E-state index in [-0.39, 0.29) is 12.4 Å². The van der Waals surface area contributed by atoms with E-state index in [0.717, 1.165) is 26.2 Å². The van der Waals surface area contributed by atoms with Crippen molar-refractivity contribution in [3.8, 4) is 0 Å². The Morgan fingerprint density at radius 3 is 2.14 bits per heavy atom. The second kappa shape index (κ2) is 7.60. The van der Waals surface area contributed by atoms with Gasteiger partial charge in [-0.1, -0.05) is 60.7 Å². The Bertz CT molecular complexity index is 529. The fraction of sp³-hybridized carbons (Fsp3) is 0.333. The minimum Gasteiger partial charge on any atom is -0.330 e. The van der Waals surface area contributed by atoms with Gasteiger partial charge < -0.3 is 5.73 Å². The Balaban J connectivity index is 0.00000161. The molecule has 2 aromatic rings. The van der Waals surface area contributed by atoms with Gasteiger partial charge in [-0.3, -0.25) is 4.90 Å². The van der Waals surface area contributed by atoms with E-state index in [1.807, 2.05) is 0 Å². The SMILES string of the molecule is Cl.NCC1CN(Cc2ccccc2)CC1c1ccccc1. The maximum Gasteiger partial charge on any atom is 0.0234 e. The maximum absolute atomic E-state index is 5.99. The van der Waals surface area contributed by atoms with Gasteiger partial charge in [-0.2, -0.15) is 0 Å². The van der Waals surface area contributed by atoms with E-state index in [2.05, 4.69) is 65.6 Å². The van der Waals surface area contributed by atoms with Crippen LogP contribution in [-0.2, 0) is 6.54 Å². The minimum atomic E-state index is 0. The number of likely N-dealkylation sites (tertiary alicyclic amines) is 1. The van der Waals surface area contributed by atoms with Gasteiger partial charge in [0, 0.05) is 25.6 Å². The molecule has 3 rings (SSSR count). The Hall–Kier alpha value is -1.35. The van der Waals surface area contributed by atoms with Gasteiger partial charge in [0.1, 0.15) is 0 Å². The smallest absolute Gasteiger partial charge is 0.0234 e. The summed E-state index contributed by atoms with van der Waals surface area (Å²) in [4.78, 5) is 2.53. The molecule has 0 spiro atoms. The zero-order chi connectivity index (χ0) is 13.8. The second-order valence-corrected chi connectivity index (χ2v) is 5.69. The van der Waals surface area contributed by atoms with Crippen LogP contribution in [0.1, 0.15) is 17.0 Å². The molecule has 0 amide bonds. The van der Waals surface area contributed by atoms with Crippen molar-refractivity contribution in [3.05, 3.63) is 71.8 Å². The van der Waals surface area contributed by atoms with Crippen LogP contribution < -0.4 is 5.73 Å². The number of nitrogens with zero attached hydrogens (tertiary/aromatic N) is 1. The molecule has 0 saturated carbocycles. The summed E-state index contributed by atoms with van der Waals surface area (Å²) in [5.41, 5.74) is 8.81. The molecule has 2 aromatic carbocycles. The molecule has 0 aliphatic carbocycles.